The zero-order chi connectivity index (χ0) is 15.4. The smallest absolute Gasteiger partial charge is 0.333 e. The van der Waals surface area contributed by atoms with Gasteiger partial charge in [0.25, 0.3) is 0 Å². The molecule has 0 heterocycles. The Kier molecular flexibility index (Phi) is 5.34. The van der Waals surface area contributed by atoms with Gasteiger partial charge in [-0.1, -0.05) is 40.9 Å². The van der Waals surface area contributed by atoms with Crippen LogP contribution in [0.1, 0.15) is 11.6 Å². The lowest BCUT2D eigenvalue weighted by atomic mass is 10.1. The molecule has 2 aromatic carbocycles. The van der Waals surface area contributed by atoms with E-state index in [1.165, 1.54) is 7.11 Å². The van der Waals surface area contributed by atoms with Crippen LogP contribution >= 0.6 is 34.8 Å². The summed E-state index contributed by atoms with van der Waals surface area (Å²) in [6.07, 6.45) is 0. The van der Waals surface area contributed by atoms with Crippen LogP contribution in [0.4, 0.5) is 5.69 Å². The van der Waals surface area contributed by atoms with Gasteiger partial charge in [0.2, 0.25) is 0 Å². The maximum Gasteiger partial charge on any atom is 0.333 e. The lowest BCUT2D eigenvalue weighted by molar-refractivity contribution is -0.141. The van der Waals surface area contributed by atoms with Gasteiger partial charge in [-0.3, -0.25) is 0 Å². The minimum absolute atomic E-state index is 0.388. The van der Waals surface area contributed by atoms with Crippen molar-refractivity contribution in [1.29, 1.82) is 0 Å². The molecular formula is C15H12Cl3NO2. The molecule has 1 atom stereocenters. The molecule has 110 valence electrons. The topological polar surface area (TPSA) is 38.3 Å². The predicted octanol–water partition coefficient (Wildman–Crippen LogP) is 4.97. The van der Waals surface area contributed by atoms with Crippen molar-refractivity contribution < 1.29 is 9.53 Å². The third-order valence-corrected chi connectivity index (χ3v) is 3.68. The molecule has 1 N–H and O–H groups in total. The zero-order valence-corrected chi connectivity index (χ0v) is 13.3. The molecule has 21 heavy (non-hydrogen) atoms. The summed E-state index contributed by atoms with van der Waals surface area (Å²) in [6, 6.07) is 11.2. The van der Waals surface area contributed by atoms with Gasteiger partial charge >= 0.3 is 5.97 Å². The summed E-state index contributed by atoms with van der Waals surface area (Å²) >= 11 is 17.9. The van der Waals surface area contributed by atoms with E-state index in [-0.39, 0.29) is 0 Å². The number of rotatable bonds is 4. The monoisotopic (exact) mass is 343 g/mol. The highest BCUT2D eigenvalue weighted by Crippen LogP contribution is 2.30. The molecule has 0 bridgehead atoms. The standard InChI is InChI=1S/C15H12Cl3NO2/c1-21-15(20)14(12-7-4-10(17)8-13(12)18)19-11-5-2-9(16)3-6-11/h2-8,14,19H,1H3. The molecule has 0 saturated carbocycles. The number of benzene rings is 2. The van der Waals surface area contributed by atoms with E-state index in [0.717, 1.165) is 5.69 Å². The summed E-state index contributed by atoms with van der Waals surface area (Å²) in [6.45, 7) is 0. The number of carbonyl (C=O) groups is 1. The Morgan fingerprint density at radius 2 is 1.67 bits per heavy atom. The van der Waals surface area contributed by atoms with E-state index in [4.69, 9.17) is 39.5 Å². The van der Waals surface area contributed by atoms with Gasteiger partial charge in [0, 0.05) is 26.3 Å². The fourth-order valence-corrected chi connectivity index (χ4v) is 2.47. The molecule has 0 aromatic heterocycles. The van der Waals surface area contributed by atoms with E-state index < -0.39 is 12.0 Å². The van der Waals surface area contributed by atoms with E-state index in [1.54, 1.807) is 42.5 Å². The third kappa shape index (κ3) is 4.03. The van der Waals surface area contributed by atoms with Crippen molar-refractivity contribution >= 4 is 46.5 Å². The molecule has 0 amide bonds. The third-order valence-electron chi connectivity index (χ3n) is 2.87. The van der Waals surface area contributed by atoms with Crippen molar-refractivity contribution in [3.63, 3.8) is 0 Å². The molecule has 2 rings (SSSR count). The van der Waals surface area contributed by atoms with Gasteiger partial charge < -0.3 is 10.1 Å². The number of esters is 1. The fourth-order valence-electron chi connectivity index (χ4n) is 1.83. The van der Waals surface area contributed by atoms with Crippen LogP contribution in [0, 0.1) is 0 Å². The molecule has 0 aliphatic heterocycles. The molecule has 3 nitrogen and oxygen atoms in total. The highest BCUT2D eigenvalue weighted by atomic mass is 35.5. The number of hydrogen-bond donors (Lipinski definition) is 1. The van der Waals surface area contributed by atoms with Crippen LogP contribution in [-0.2, 0) is 9.53 Å². The van der Waals surface area contributed by atoms with Crippen molar-refractivity contribution in [3.05, 3.63) is 63.1 Å². The van der Waals surface area contributed by atoms with Gasteiger partial charge in [-0.05, 0) is 36.4 Å². The second-order valence-corrected chi connectivity index (χ2v) is 5.55. The van der Waals surface area contributed by atoms with Crippen LogP contribution in [0.5, 0.6) is 0 Å². The molecule has 0 fully saturated rings. The van der Waals surface area contributed by atoms with Crippen molar-refractivity contribution in [2.24, 2.45) is 0 Å². The summed E-state index contributed by atoms with van der Waals surface area (Å²) in [5.41, 5.74) is 1.31. The maximum absolute atomic E-state index is 12.0. The molecule has 0 aliphatic rings. The number of hydrogen-bond acceptors (Lipinski definition) is 3. The molecular weight excluding hydrogens is 333 g/mol. The van der Waals surface area contributed by atoms with Crippen LogP contribution in [-0.4, -0.2) is 13.1 Å². The molecule has 0 aliphatic carbocycles. The van der Waals surface area contributed by atoms with E-state index >= 15 is 0 Å². The van der Waals surface area contributed by atoms with Crippen LogP contribution in [0.2, 0.25) is 15.1 Å². The minimum Gasteiger partial charge on any atom is -0.467 e. The normalized spacial score (nSPS) is 11.8. The average Bonchev–Trinajstić information content (AvgIpc) is 2.47. The summed E-state index contributed by atoms with van der Waals surface area (Å²) < 4.78 is 4.83. The van der Waals surface area contributed by atoms with Crippen LogP contribution in [0.15, 0.2) is 42.5 Å². The van der Waals surface area contributed by atoms with Crippen LogP contribution < -0.4 is 5.32 Å². The first-order valence-corrected chi connectivity index (χ1v) is 7.19. The molecule has 0 spiro atoms. The first-order chi connectivity index (χ1) is 10.0. The lowest BCUT2D eigenvalue weighted by Gasteiger charge is -2.19. The van der Waals surface area contributed by atoms with Crippen LogP contribution in [0.3, 0.4) is 0 Å². The summed E-state index contributed by atoms with van der Waals surface area (Å²) in [5, 5.41) is 4.57. The molecule has 1 unspecified atom stereocenters. The van der Waals surface area contributed by atoms with Gasteiger partial charge in [-0.15, -0.1) is 0 Å². The number of halogens is 3. The lowest BCUT2D eigenvalue weighted by Crippen LogP contribution is -2.22. The molecule has 2 aromatic rings. The summed E-state index contributed by atoms with van der Waals surface area (Å²) in [7, 11) is 1.32. The second kappa shape index (κ2) is 7.03. The molecule has 0 radical (unpaired) electrons. The summed E-state index contributed by atoms with van der Waals surface area (Å²) in [4.78, 5) is 12.0. The van der Waals surface area contributed by atoms with Gasteiger partial charge in [0.05, 0.1) is 7.11 Å². The second-order valence-electron chi connectivity index (χ2n) is 4.27. The van der Waals surface area contributed by atoms with Crippen molar-refractivity contribution in [2.75, 3.05) is 12.4 Å². The highest BCUT2D eigenvalue weighted by molar-refractivity contribution is 6.35. The number of nitrogens with one attached hydrogen (secondary N) is 1. The Balaban J connectivity index is 2.34. The SMILES string of the molecule is COC(=O)C(Nc1ccc(Cl)cc1)c1ccc(Cl)cc1Cl. The largest absolute Gasteiger partial charge is 0.467 e. The Labute approximate surface area is 137 Å². The minimum atomic E-state index is -0.735. The first kappa shape index (κ1) is 16.0. The Morgan fingerprint density at radius 1 is 1.05 bits per heavy atom. The van der Waals surface area contributed by atoms with Gasteiger partial charge in [0.15, 0.2) is 6.04 Å². The maximum atomic E-state index is 12.0. The number of methoxy groups -OCH3 is 1. The fraction of sp³-hybridized carbons (Fsp3) is 0.133. The average molecular weight is 345 g/mol. The van der Waals surface area contributed by atoms with E-state index in [1.807, 2.05) is 0 Å². The van der Waals surface area contributed by atoms with Gasteiger partial charge in [-0.2, -0.15) is 0 Å². The zero-order valence-electron chi connectivity index (χ0n) is 11.1. The van der Waals surface area contributed by atoms with Crippen molar-refractivity contribution in [1.82, 2.24) is 0 Å². The Morgan fingerprint density at radius 3 is 2.24 bits per heavy atom. The van der Waals surface area contributed by atoms with Crippen molar-refractivity contribution in [2.45, 2.75) is 6.04 Å². The summed E-state index contributed by atoms with van der Waals surface area (Å²) in [5.74, 6) is -0.450. The van der Waals surface area contributed by atoms with Crippen LogP contribution in [0.25, 0.3) is 0 Å². The van der Waals surface area contributed by atoms with E-state index in [2.05, 4.69) is 5.32 Å². The number of ether oxygens (including phenoxy) is 1. The van der Waals surface area contributed by atoms with E-state index in [0.29, 0.717) is 20.6 Å². The molecule has 6 heteroatoms. The first-order valence-electron chi connectivity index (χ1n) is 6.06. The van der Waals surface area contributed by atoms with Gasteiger partial charge in [0.1, 0.15) is 0 Å². The van der Waals surface area contributed by atoms with Gasteiger partial charge in [-0.25, -0.2) is 4.79 Å². The van der Waals surface area contributed by atoms with Crippen molar-refractivity contribution in [3.8, 4) is 0 Å². The predicted molar refractivity (Wildman–Crippen MR) is 86.3 cm³/mol. The Bertz CT molecular complexity index is 644. The number of carbonyl (C=O) groups excluding carboxylic acids is 1. The molecule has 0 saturated heterocycles. The highest BCUT2D eigenvalue weighted by Gasteiger charge is 2.23. The Hall–Kier alpha value is -1.42. The van der Waals surface area contributed by atoms with E-state index in [9.17, 15) is 4.79 Å². The quantitative estimate of drug-likeness (QED) is 0.796. The number of anilines is 1.